The lowest BCUT2D eigenvalue weighted by Gasteiger charge is -2.37. The maximum atomic E-state index is 13.8. The summed E-state index contributed by atoms with van der Waals surface area (Å²) in [6.45, 7) is 10.1. The molecule has 1 aliphatic rings. The van der Waals surface area contributed by atoms with Crippen molar-refractivity contribution in [2.45, 2.75) is 58.7 Å². The molecule has 0 aliphatic carbocycles. The number of carbonyl (C=O) groups excluding carboxylic acids is 2. The van der Waals surface area contributed by atoms with Crippen LogP contribution in [0.25, 0.3) is 10.9 Å². The molecule has 32 heavy (non-hydrogen) atoms. The number of aromatic nitrogens is 1. The van der Waals surface area contributed by atoms with Crippen LogP contribution in [0.5, 0.6) is 0 Å². The predicted molar refractivity (Wildman–Crippen MR) is 129 cm³/mol. The molecule has 1 aromatic heterocycles. The maximum Gasteiger partial charge on any atom is 0.255 e. The molecule has 3 unspecified atom stereocenters. The van der Waals surface area contributed by atoms with Gasteiger partial charge in [-0.2, -0.15) is 0 Å². The molecule has 0 radical (unpaired) electrons. The molecule has 0 saturated carbocycles. The first kappa shape index (κ1) is 22.1. The van der Waals surface area contributed by atoms with Crippen LogP contribution in [0.2, 0.25) is 0 Å². The molecule has 168 valence electrons. The van der Waals surface area contributed by atoms with Gasteiger partial charge in [-0.1, -0.05) is 56.7 Å². The van der Waals surface area contributed by atoms with Crippen molar-refractivity contribution in [3.63, 3.8) is 0 Å². The van der Waals surface area contributed by atoms with Crippen molar-refractivity contribution in [2.75, 3.05) is 0 Å². The lowest BCUT2D eigenvalue weighted by Crippen LogP contribution is -2.55. The van der Waals surface area contributed by atoms with Crippen LogP contribution in [-0.4, -0.2) is 32.9 Å². The van der Waals surface area contributed by atoms with E-state index >= 15 is 0 Å². The summed E-state index contributed by atoms with van der Waals surface area (Å²) in [4.78, 5) is 29.2. The van der Waals surface area contributed by atoms with Crippen molar-refractivity contribution in [1.29, 1.82) is 0 Å². The molecule has 2 aromatic carbocycles. The van der Waals surface area contributed by atoms with E-state index in [1.54, 1.807) is 0 Å². The Morgan fingerprint density at radius 2 is 1.72 bits per heavy atom. The third kappa shape index (κ3) is 3.70. The third-order valence-electron chi connectivity index (χ3n) is 6.47. The number of hydrogen-bond donors (Lipinski definition) is 1. The summed E-state index contributed by atoms with van der Waals surface area (Å²) in [5.74, 6) is -0.167. The van der Waals surface area contributed by atoms with E-state index in [-0.39, 0.29) is 29.3 Å². The number of nitrogens with one attached hydrogen (secondary N) is 1. The summed E-state index contributed by atoms with van der Waals surface area (Å²) < 4.78 is 2.10. The number of amides is 2. The van der Waals surface area contributed by atoms with Crippen LogP contribution in [0.3, 0.4) is 0 Å². The molecule has 4 rings (SSSR count). The lowest BCUT2D eigenvalue weighted by atomic mass is 9.92. The van der Waals surface area contributed by atoms with Gasteiger partial charge in [-0.05, 0) is 44.4 Å². The van der Waals surface area contributed by atoms with E-state index in [1.807, 2.05) is 69.1 Å². The Morgan fingerprint density at radius 3 is 2.41 bits per heavy atom. The van der Waals surface area contributed by atoms with Crippen LogP contribution in [-0.2, 0) is 11.8 Å². The van der Waals surface area contributed by atoms with Crippen LogP contribution >= 0.6 is 0 Å². The van der Waals surface area contributed by atoms with Gasteiger partial charge in [0.25, 0.3) is 5.91 Å². The smallest absolute Gasteiger partial charge is 0.255 e. The van der Waals surface area contributed by atoms with E-state index < -0.39 is 6.04 Å². The van der Waals surface area contributed by atoms with Crippen LogP contribution in [0.1, 0.15) is 68.6 Å². The second-order valence-electron chi connectivity index (χ2n) is 9.98. The van der Waals surface area contributed by atoms with Gasteiger partial charge in [-0.25, -0.2) is 0 Å². The molecule has 0 saturated heterocycles. The van der Waals surface area contributed by atoms with Crippen molar-refractivity contribution >= 4 is 22.7 Å². The van der Waals surface area contributed by atoms with Gasteiger partial charge in [0.15, 0.2) is 0 Å². The molecule has 2 amide bonds. The number of carbonyl (C=O) groups is 2. The fourth-order valence-electron chi connectivity index (χ4n) is 4.86. The Bertz CT molecular complexity index is 1170. The van der Waals surface area contributed by atoms with Gasteiger partial charge >= 0.3 is 0 Å². The minimum Gasteiger partial charge on any atom is -0.350 e. The average molecular weight is 432 g/mol. The van der Waals surface area contributed by atoms with Gasteiger partial charge in [0.05, 0.1) is 6.04 Å². The van der Waals surface area contributed by atoms with E-state index in [0.717, 1.165) is 28.5 Å². The maximum absolute atomic E-state index is 13.8. The lowest BCUT2D eigenvalue weighted by molar-refractivity contribution is -0.129. The number of nitrogens with zero attached hydrogens (tertiary/aromatic N) is 2. The molecule has 5 nitrogen and oxygen atoms in total. The van der Waals surface area contributed by atoms with Crippen LogP contribution in [0.15, 0.2) is 54.7 Å². The minimum absolute atomic E-state index is 0.00749. The van der Waals surface area contributed by atoms with Gasteiger partial charge in [-0.15, -0.1) is 0 Å². The molecular weight excluding hydrogens is 398 g/mol. The highest BCUT2D eigenvalue weighted by molar-refractivity contribution is 6.03. The van der Waals surface area contributed by atoms with Crippen molar-refractivity contribution in [3.05, 3.63) is 71.4 Å². The molecule has 0 spiro atoms. The Kier molecular flexibility index (Phi) is 5.61. The summed E-state index contributed by atoms with van der Waals surface area (Å²) in [5.41, 5.74) is 3.43. The first-order valence-electron chi connectivity index (χ1n) is 11.4. The van der Waals surface area contributed by atoms with Gasteiger partial charge in [0.2, 0.25) is 5.91 Å². The van der Waals surface area contributed by atoms with E-state index in [9.17, 15) is 9.59 Å². The number of aryl methyl sites for hydroxylation is 1. The Morgan fingerprint density at radius 1 is 1.06 bits per heavy atom. The van der Waals surface area contributed by atoms with Crippen molar-refractivity contribution in [1.82, 2.24) is 14.8 Å². The zero-order valence-electron chi connectivity index (χ0n) is 19.8. The highest BCUT2D eigenvalue weighted by Gasteiger charge is 2.46. The van der Waals surface area contributed by atoms with E-state index in [0.29, 0.717) is 5.56 Å². The molecule has 2 heterocycles. The Labute approximate surface area is 190 Å². The molecule has 1 N–H and O–H groups in total. The van der Waals surface area contributed by atoms with Crippen molar-refractivity contribution < 1.29 is 9.59 Å². The van der Waals surface area contributed by atoms with Gasteiger partial charge in [-0.3, -0.25) is 9.59 Å². The number of para-hydroxylation sites is 1. The van der Waals surface area contributed by atoms with Crippen molar-refractivity contribution in [3.8, 4) is 0 Å². The largest absolute Gasteiger partial charge is 0.350 e. The van der Waals surface area contributed by atoms with Gasteiger partial charge < -0.3 is 14.8 Å². The Balaban J connectivity index is 1.92. The first-order chi connectivity index (χ1) is 15.1. The zero-order chi connectivity index (χ0) is 23.2. The standard InChI is InChI=1S/C27H33N3O2/c1-7-17(2)23(25(31)28-27(3,4)5)30-24(19-13-8-9-14-20(19)26(30)32)21-16-29(6)22-15-11-10-12-18(21)22/h8-17,23-24H,7H2,1-6H3,(H,28,31). The summed E-state index contributed by atoms with van der Waals surface area (Å²) in [5, 5.41) is 4.24. The fourth-order valence-corrected chi connectivity index (χ4v) is 4.86. The van der Waals surface area contributed by atoms with Crippen molar-refractivity contribution in [2.24, 2.45) is 13.0 Å². The normalized spacial score (nSPS) is 18.0. The number of rotatable bonds is 5. The molecular formula is C27H33N3O2. The average Bonchev–Trinajstić information content (AvgIpc) is 3.22. The van der Waals surface area contributed by atoms with E-state index in [2.05, 4.69) is 42.1 Å². The number of benzene rings is 2. The minimum atomic E-state index is -0.567. The summed E-state index contributed by atoms with van der Waals surface area (Å²) in [6.07, 6.45) is 2.90. The second kappa shape index (κ2) is 8.12. The topological polar surface area (TPSA) is 54.3 Å². The van der Waals surface area contributed by atoms with Crippen LogP contribution < -0.4 is 5.32 Å². The summed E-state index contributed by atoms with van der Waals surface area (Å²) >= 11 is 0. The highest BCUT2D eigenvalue weighted by Crippen LogP contribution is 2.44. The first-order valence-corrected chi connectivity index (χ1v) is 11.4. The monoisotopic (exact) mass is 431 g/mol. The molecule has 3 aromatic rings. The molecule has 0 fully saturated rings. The Hall–Kier alpha value is -3.08. The van der Waals surface area contributed by atoms with E-state index in [1.165, 1.54) is 0 Å². The quantitative estimate of drug-likeness (QED) is 0.614. The van der Waals surface area contributed by atoms with Crippen LogP contribution in [0.4, 0.5) is 0 Å². The molecule has 3 atom stereocenters. The fraction of sp³-hybridized carbons (Fsp3) is 0.407. The third-order valence-corrected chi connectivity index (χ3v) is 6.47. The summed E-state index contributed by atoms with van der Waals surface area (Å²) in [7, 11) is 2.03. The zero-order valence-corrected chi connectivity index (χ0v) is 19.8. The van der Waals surface area contributed by atoms with Crippen LogP contribution in [0, 0.1) is 5.92 Å². The number of hydrogen-bond acceptors (Lipinski definition) is 2. The highest BCUT2D eigenvalue weighted by atomic mass is 16.2. The van der Waals surface area contributed by atoms with Gasteiger partial charge in [0, 0.05) is 40.8 Å². The predicted octanol–water partition coefficient (Wildman–Crippen LogP) is 5.05. The number of fused-ring (bicyclic) bond motifs is 2. The molecule has 0 bridgehead atoms. The molecule has 5 heteroatoms. The van der Waals surface area contributed by atoms with E-state index in [4.69, 9.17) is 0 Å². The second-order valence-corrected chi connectivity index (χ2v) is 9.98. The molecule has 1 aliphatic heterocycles. The van der Waals surface area contributed by atoms with Gasteiger partial charge in [0.1, 0.15) is 6.04 Å². The SMILES string of the molecule is CCC(C)C(C(=O)NC(C)(C)C)N1C(=O)c2ccccc2C1c1cn(C)c2ccccc12. The summed E-state index contributed by atoms with van der Waals surface area (Å²) in [6, 6.07) is 15.1.